The third-order valence-electron chi connectivity index (χ3n) is 4.05. The second-order valence-electron chi connectivity index (χ2n) is 7.69. The molecular weight excluding hydrogens is 326 g/mol. The highest BCUT2D eigenvalue weighted by Gasteiger charge is 2.17. The number of benzene rings is 2. The molecule has 4 N–H and O–H groups in total. The molecule has 5 nitrogen and oxygen atoms in total. The maximum atomic E-state index is 12.7. The Hall–Kier alpha value is -3.08. The summed E-state index contributed by atoms with van der Waals surface area (Å²) in [5.74, 6) is -0.182. The van der Waals surface area contributed by atoms with Gasteiger partial charge in [-0.2, -0.15) is 0 Å². The van der Waals surface area contributed by atoms with Crippen LogP contribution in [0.1, 0.15) is 43.2 Å². The molecule has 134 valence electrons. The zero-order valence-electron chi connectivity index (χ0n) is 15.2. The lowest BCUT2D eigenvalue weighted by Gasteiger charge is -2.17. The number of nitrogen functional groups attached to an aromatic ring is 1. The van der Waals surface area contributed by atoms with E-state index in [0.29, 0.717) is 29.1 Å². The number of rotatable bonds is 4. The quantitative estimate of drug-likeness (QED) is 0.483. The Bertz CT molecular complexity index is 980. The minimum absolute atomic E-state index is 0.0271. The van der Waals surface area contributed by atoms with Gasteiger partial charge in [0.05, 0.1) is 5.69 Å². The van der Waals surface area contributed by atoms with Crippen molar-refractivity contribution in [3.8, 4) is 0 Å². The van der Waals surface area contributed by atoms with E-state index in [9.17, 15) is 9.59 Å². The lowest BCUT2D eigenvalue weighted by Crippen LogP contribution is -2.19. The van der Waals surface area contributed by atoms with Gasteiger partial charge in [0.1, 0.15) is 0 Å². The van der Waals surface area contributed by atoms with Crippen molar-refractivity contribution in [2.24, 2.45) is 5.41 Å². The lowest BCUT2D eigenvalue weighted by atomic mass is 9.92. The molecule has 0 radical (unpaired) electrons. The normalized spacial score (nSPS) is 11.5. The molecule has 1 amide bonds. The Morgan fingerprint density at radius 1 is 1.08 bits per heavy atom. The first-order valence-corrected chi connectivity index (χ1v) is 8.55. The number of carbonyl (C=O) groups excluding carboxylic acids is 2. The van der Waals surface area contributed by atoms with E-state index in [-0.39, 0.29) is 17.1 Å². The van der Waals surface area contributed by atoms with Gasteiger partial charge in [0, 0.05) is 34.3 Å². The van der Waals surface area contributed by atoms with Crippen LogP contribution in [0.3, 0.4) is 0 Å². The number of anilines is 2. The van der Waals surface area contributed by atoms with Crippen LogP contribution >= 0.6 is 0 Å². The van der Waals surface area contributed by atoms with Gasteiger partial charge >= 0.3 is 0 Å². The van der Waals surface area contributed by atoms with Crippen molar-refractivity contribution in [3.63, 3.8) is 0 Å². The van der Waals surface area contributed by atoms with E-state index in [1.807, 2.05) is 39.0 Å². The van der Waals surface area contributed by atoms with Gasteiger partial charge in [-0.1, -0.05) is 32.9 Å². The molecule has 1 aromatic heterocycles. The third-order valence-corrected chi connectivity index (χ3v) is 4.05. The maximum Gasteiger partial charge on any atom is 0.224 e. The van der Waals surface area contributed by atoms with Crippen LogP contribution < -0.4 is 11.1 Å². The standard InChI is InChI=1S/C21H23N3O2/c1-21(2,3)12-19(25)23-14-8-9-17-13(10-14)11-18(24-17)20(26)15-6-4-5-7-16(15)22/h4-11,24H,12,22H2,1-3H3,(H,23,25). The van der Waals surface area contributed by atoms with Crippen LogP contribution in [0.5, 0.6) is 0 Å². The Labute approximate surface area is 152 Å². The summed E-state index contributed by atoms with van der Waals surface area (Å²) in [6.07, 6.45) is 0.440. The predicted molar refractivity (Wildman–Crippen MR) is 105 cm³/mol. The molecule has 0 fully saturated rings. The molecule has 5 heteroatoms. The summed E-state index contributed by atoms with van der Waals surface area (Å²) >= 11 is 0. The summed E-state index contributed by atoms with van der Waals surface area (Å²) in [5.41, 5.74) is 8.76. The van der Waals surface area contributed by atoms with E-state index >= 15 is 0 Å². The van der Waals surface area contributed by atoms with Gasteiger partial charge in [0.25, 0.3) is 0 Å². The first-order chi connectivity index (χ1) is 12.2. The lowest BCUT2D eigenvalue weighted by molar-refractivity contribution is -0.117. The van der Waals surface area contributed by atoms with Crippen LogP contribution in [0, 0.1) is 5.41 Å². The number of nitrogens with one attached hydrogen (secondary N) is 2. The van der Waals surface area contributed by atoms with Crippen LogP contribution in [0.2, 0.25) is 0 Å². The number of carbonyl (C=O) groups is 2. The van der Waals surface area contributed by atoms with Gasteiger partial charge in [-0.3, -0.25) is 9.59 Å². The first-order valence-electron chi connectivity index (χ1n) is 8.55. The molecule has 0 unspecified atom stereocenters. The van der Waals surface area contributed by atoms with E-state index in [4.69, 9.17) is 5.73 Å². The second-order valence-corrected chi connectivity index (χ2v) is 7.69. The number of ketones is 1. The average Bonchev–Trinajstić information content (AvgIpc) is 2.96. The number of aromatic nitrogens is 1. The molecule has 0 saturated heterocycles. The fourth-order valence-electron chi connectivity index (χ4n) is 2.87. The van der Waals surface area contributed by atoms with Gasteiger partial charge in [0.2, 0.25) is 11.7 Å². The summed E-state index contributed by atoms with van der Waals surface area (Å²) in [6, 6.07) is 14.3. The van der Waals surface area contributed by atoms with Crippen molar-refractivity contribution < 1.29 is 9.59 Å². The smallest absolute Gasteiger partial charge is 0.224 e. The van der Waals surface area contributed by atoms with Gasteiger partial charge in [0.15, 0.2) is 0 Å². The van der Waals surface area contributed by atoms with Crippen LogP contribution in [0.25, 0.3) is 10.9 Å². The molecule has 0 atom stereocenters. The van der Waals surface area contributed by atoms with Gasteiger partial charge in [-0.25, -0.2) is 0 Å². The number of hydrogen-bond acceptors (Lipinski definition) is 3. The molecule has 2 aromatic carbocycles. The number of hydrogen-bond donors (Lipinski definition) is 3. The van der Waals surface area contributed by atoms with Crippen molar-refractivity contribution >= 4 is 34.0 Å². The van der Waals surface area contributed by atoms with Crippen molar-refractivity contribution in [1.82, 2.24) is 4.98 Å². The molecule has 1 heterocycles. The minimum atomic E-state index is -0.155. The molecule has 0 spiro atoms. The van der Waals surface area contributed by atoms with E-state index < -0.39 is 0 Å². The third kappa shape index (κ3) is 3.94. The predicted octanol–water partition coefficient (Wildman–Crippen LogP) is 4.36. The topological polar surface area (TPSA) is 88.0 Å². The van der Waals surface area contributed by atoms with Gasteiger partial charge in [-0.15, -0.1) is 0 Å². The van der Waals surface area contributed by atoms with E-state index in [0.717, 1.165) is 10.9 Å². The van der Waals surface area contributed by atoms with Crippen molar-refractivity contribution in [2.45, 2.75) is 27.2 Å². The van der Waals surface area contributed by atoms with Gasteiger partial charge in [-0.05, 0) is 41.8 Å². The zero-order valence-corrected chi connectivity index (χ0v) is 15.2. The number of fused-ring (bicyclic) bond motifs is 1. The summed E-state index contributed by atoms with van der Waals surface area (Å²) in [4.78, 5) is 27.9. The Morgan fingerprint density at radius 3 is 2.50 bits per heavy atom. The average molecular weight is 349 g/mol. The fourth-order valence-corrected chi connectivity index (χ4v) is 2.87. The molecule has 0 bridgehead atoms. The Balaban J connectivity index is 1.85. The molecule has 26 heavy (non-hydrogen) atoms. The largest absolute Gasteiger partial charge is 0.398 e. The first kappa shape index (κ1) is 17.7. The molecule has 0 saturated carbocycles. The molecule has 3 rings (SSSR count). The molecule has 0 aliphatic rings. The fraction of sp³-hybridized carbons (Fsp3) is 0.238. The van der Waals surface area contributed by atoms with Crippen LogP contribution in [0.15, 0.2) is 48.5 Å². The van der Waals surface area contributed by atoms with E-state index in [1.54, 1.807) is 30.3 Å². The summed E-state index contributed by atoms with van der Waals surface area (Å²) < 4.78 is 0. The van der Waals surface area contributed by atoms with Crippen molar-refractivity contribution in [1.29, 1.82) is 0 Å². The second kappa shape index (κ2) is 6.67. The summed E-state index contributed by atoms with van der Waals surface area (Å²) in [7, 11) is 0. The highest BCUT2D eigenvalue weighted by molar-refractivity contribution is 6.13. The number of para-hydroxylation sites is 1. The SMILES string of the molecule is CC(C)(C)CC(=O)Nc1ccc2[nH]c(C(=O)c3ccccc3N)cc2c1. The number of H-pyrrole nitrogens is 1. The maximum absolute atomic E-state index is 12.7. The van der Waals surface area contributed by atoms with E-state index in [1.165, 1.54) is 0 Å². The molecule has 3 aromatic rings. The Morgan fingerprint density at radius 2 is 1.81 bits per heavy atom. The number of nitrogens with two attached hydrogens (primary N) is 1. The zero-order chi connectivity index (χ0) is 18.9. The number of amides is 1. The van der Waals surface area contributed by atoms with Gasteiger partial charge < -0.3 is 16.0 Å². The van der Waals surface area contributed by atoms with E-state index in [2.05, 4.69) is 10.3 Å². The highest BCUT2D eigenvalue weighted by atomic mass is 16.1. The monoisotopic (exact) mass is 349 g/mol. The van der Waals surface area contributed by atoms with Crippen LogP contribution in [-0.2, 0) is 4.79 Å². The molecule has 0 aliphatic heterocycles. The van der Waals surface area contributed by atoms with Crippen molar-refractivity contribution in [2.75, 3.05) is 11.1 Å². The van der Waals surface area contributed by atoms with Crippen LogP contribution in [-0.4, -0.2) is 16.7 Å². The van der Waals surface area contributed by atoms with Crippen LogP contribution in [0.4, 0.5) is 11.4 Å². The summed E-state index contributed by atoms with van der Waals surface area (Å²) in [6.45, 7) is 6.07. The Kier molecular flexibility index (Phi) is 4.55. The van der Waals surface area contributed by atoms with Crippen molar-refractivity contribution in [3.05, 3.63) is 59.8 Å². The number of aromatic amines is 1. The molecular formula is C21H23N3O2. The molecule has 0 aliphatic carbocycles. The summed E-state index contributed by atoms with van der Waals surface area (Å²) in [5, 5.41) is 3.77. The highest BCUT2D eigenvalue weighted by Crippen LogP contribution is 2.24. The minimum Gasteiger partial charge on any atom is -0.398 e.